The van der Waals surface area contributed by atoms with Crippen LogP contribution >= 0.6 is 15.9 Å². The maximum Gasteiger partial charge on any atom is 0.507 e. The summed E-state index contributed by atoms with van der Waals surface area (Å²) >= 11 is 3.19. The van der Waals surface area contributed by atoms with Crippen LogP contribution in [0.2, 0.25) is 0 Å². The van der Waals surface area contributed by atoms with E-state index in [2.05, 4.69) is 46.7 Å². The van der Waals surface area contributed by atoms with Crippen LogP contribution in [0, 0.1) is 11.6 Å². The molecule has 0 atom stereocenters. The predicted molar refractivity (Wildman–Crippen MR) is 231 cm³/mol. The molecule has 2 amide bonds. The second-order valence-corrected chi connectivity index (χ2v) is 13.4. The number of nitrogens with two attached hydrogens (primary N) is 2. The molecular weight excluding hydrogens is 857 g/mol. The molecule has 0 unspecified atom stereocenters. The first kappa shape index (κ1) is 44.7. The summed E-state index contributed by atoms with van der Waals surface area (Å²) in [7, 11) is 1.91. The molecule has 20 heteroatoms. The van der Waals surface area contributed by atoms with E-state index in [1.54, 1.807) is 92.0 Å². The van der Waals surface area contributed by atoms with Gasteiger partial charge in [-0.1, -0.05) is 31.7 Å². The molecule has 312 valence electrons. The summed E-state index contributed by atoms with van der Waals surface area (Å²) < 4.78 is 41.3. The van der Waals surface area contributed by atoms with Crippen LogP contribution in [-0.2, 0) is 14.1 Å². The van der Waals surface area contributed by atoms with Gasteiger partial charge < -0.3 is 41.0 Å². The lowest BCUT2D eigenvalue weighted by Crippen LogP contribution is -2.35. The summed E-state index contributed by atoms with van der Waals surface area (Å²) in [4.78, 5) is 32.2. The fraction of sp³-hybridized carbons (Fsp3) is 0.0732. The molecule has 0 bridgehead atoms. The number of furan rings is 2. The number of halogens is 3. The maximum atomic E-state index is 13.7. The van der Waals surface area contributed by atoms with E-state index in [-0.39, 0.29) is 41.8 Å². The van der Waals surface area contributed by atoms with Crippen molar-refractivity contribution < 1.29 is 37.3 Å². The van der Waals surface area contributed by atoms with Crippen LogP contribution in [0.4, 0.5) is 32.1 Å². The molecule has 0 spiro atoms. The Labute approximate surface area is 356 Å². The predicted octanol–water partition coefficient (Wildman–Crippen LogP) is 6.53. The molecule has 6 aromatic heterocycles. The molecule has 0 aliphatic carbocycles. The number of hydrogen-bond donors (Lipinski definition) is 6. The highest BCUT2D eigenvalue weighted by atomic mass is 79.9. The Balaban J connectivity index is 0.000000184. The number of carbonyl (C=O) groups is 2. The Bertz CT molecular complexity index is 2740. The topological polar surface area (TPSA) is 238 Å². The molecule has 8 rings (SSSR count). The summed E-state index contributed by atoms with van der Waals surface area (Å²) in [5.74, 6) is -0.158. The van der Waals surface area contributed by atoms with Crippen molar-refractivity contribution in [1.82, 2.24) is 29.5 Å². The van der Waals surface area contributed by atoms with Gasteiger partial charge in [0.2, 0.25) is 0 Å². The van der Waals surface area contributed by atoms with Gasteiger partial charge in [0.25, 0.3) is 11.8 Å². The van der Waals surface area contributed by atoms with Gasteiger partial charge in [-0.3, -0.25) is 19.0 Å². The lowest BCUT2D eigenvalue weighted by molar-refractivity contribution is 0.101. The minimum atomic E-state index is -1.52. The number of aromatic nitrogens is 6. The van der Waals surface area contributed by atoms with Crippen molar-refractivity contribution >= 4 is 63.7 Å². The zero-order valence-electron chi connectivity index (χ0n) is 31.6. The Morgan fingerprint density at radius 1 is 0.689 bits per heavy atom. The molecule has 61 heavy (non-hydrogen) atoms. The van der Waals surface area contributed by atoms with E-state index in [1.165, 1.54) is 41.1 Å². The van der Waals surface area contributed by atoms with Crippen molar-refractivity contribution in [2.45, 2.75) is 7.43 Å². The van der Waals surface area contributed by atoms with E-state index >= 15 is 0 Å². The summed E-state index contributed by atoms with van der Waals surface area (Å²) in [6.45, 7) is 0. The first-order chi connectivity index (χ1) is 28.8. The van der Waals surface area contributed by atoms with Gasteiger partial charge in [-0.25, -0.2) is 18.7 Å². The third kappa shape index (κ3) is 11.0. The quantitative estimate of drug-likeness (QED) is 0.0893. The van der Waals surface area contributed by atoms with Crippen LogP contribution in [0.15, 0.2) is 135 Å². The summed E-state index contributed by atoms with van der Waals surface area (Å²) in [6, 6.07) is 28.5. The standard InChI is InChI=1S/C20H16FN5O2.C12H9BrFN3O.C8H9BN2O3.CH4/c1-26-16(11-15(25-26)17-7-4-10-28-17)13-8-9-18(23-19(13)22)24-20(27)12-5-2-3-6-14(12)21;13-8-5-6-10(16-11(8)15)17-12(18)7-3-1-2-4-9(7)14;1-11-8(9(12)13)5-6(10-11)7-3-2-4-14-7;/h2-11H,1H3,(H3,22,23,24,27);1-6H,(H3,15,16,17,18);2-5,12-13H,1H3;1H4. The highest BCUT2D eigenvalue weighted by Crippen LogP contribution is 2.30. The summed E-state index contributed by atoms with van der Waals surface area (Å²) in [5.41, 5.74) is 14.5. The van der Waals surface area contributed by atoms with Crippen molar-refractivity contribution in [3.8, 4) is 34.2 Å². The number of pyridine rings is 2. The number of anilines is 4. The normalized spacial score (nSPS) is 10.3. The molecule has 0 saturated heterocycles. The fourth-order valence-corrected chi connectivity index (χ4v) is 5.70. The van der Waals surface area contributed by atoms with Gasteiger partial charge in [-0.05, 0) is 101 Å². The molecule has 8 aromatic rings. The number of aryl methyl sites for hydroxylation is 2. The second kappa shape index (κ2) is 20.0. The zero-order valence-corrected chi connectivity index (χ0v) is 33.2. The zero-order chi connectivity index (χ0) is 42.9. The lowest BCUT2D eigenvalue weighted by atomic mass is 9.86. The van der Waals surface area contributed by atoms with Gasteiger partial charge >= 0.3 is 7.12 Å². The van der Waals surface area contributed by atoms with E-state index < -0.39 is 30.6 Å². The number of nitrogens with one attached hydrogen (secondary N) is 2. The van der Waals surface area contributed by atoms with E-state index in [4.69, 9.17) is 30.3 Å². The number of rotatable bonds is 8. The van der Waals surface area contributed by atoms with Crippen LogP contribution < -0.4 is 27.7 Å². The first-order valence-corrected chi connectivity index (χ1v) is 18.4. The molecule has 2 aromatic carbocycles. The van der Waals surface area contributed by atoms with E-state index in [9.17, 15) is 18.4 Å². The second-order valence-electron chi connectivity index (χ2n) is 12.5. The third-order valence-corrected chi connectivity index (χ3v) is 9.07. The van der Waals surface area contributed by atoms with Crippen LogP contribution in [0.3, 0.4) is 0 Å². The van der Waals surface area contributed by atoms with E-state index in [0.717, 1.165) is 5.69 Å². The number of nitrogens with zero attached hydrogens (tertiary/aromatic N) is 6. The molecule has 0 saturated carbocycles. The number of nitrogen functional groups attached to an aromatic ring is 2. The minimum absolute atomic E-state index is 0. The Morgan fingerprint density at radius 3 is 1.64 bits per heavy atom. The van der Waals surface area contributed by atoms with Gasteiger partial charge in [0.05, 0.1) is 39.4 Å². The number of carbonyl (C=O) groups excluding carboxylic acids is 2. The van der Waals surface area contributed by atoms with Crippen molar-refractivity contribution in [3.05, 3.63) is 149 Å². The highest BCUT2D eigenvalue weighted by molar-refractivity contribution is 9.10. The molecule has 6 heterocycles. The molecule has 0 aliphatic rings. The summed E-state index contributed by atoms with van der Waals surface area (Å²) in [5, 5.41) is 31.5. The van der Waals surface area contributed by atoms with Gasteiger partial charge in [0.1, 0.15) is 46.3 Å². The lowest BCUT2D eigenvalue weighted by Gasteiger charge is -2.09. The van der Waals surface area contributed by atoms with Gasteiger partial charge in [-0.2, -0.15) is 10.2 Å². The first-order valence-electron chi connectivity index (χ1n) is 17.6. The molecule has 0 radical (unpaired) electrons. The number of hydrogen-bond acceptors (Lipinski definition) is 12. The van der Waals surface area contributed by atoms with Gasteiger partial charge in [0.15, 0.2) is 11.5 Å². The number of benzene rings is 2. The average Bonchev–Trinajstić information content (AvgIpc) is 4.06. The van der Waals surface area contributed by atoms with Crippen LogP contribution in [0.1, 0.15) is 28.1 Å². The molecular formula is C41H38BBrF2N10O6. The summed E-state index contributed by atoms with van der Waals surface area (Å²) in [6.07, 6.45) is 3.12. The van der Waals surface area contributed by atoms with Crippen LogP contribution in [0.5, 0.6) is 0 Å². The number of amides is 2. The minimum Gasteiger partial charge on any atom is -0.463 e. The molecule has 16 nitrogen and oxygen atoms in total. The van der Waals surface area contributed by atoms with E-state index in [1.807, 2.05) is 12.1 Å². The van der Waals surface area contributed by atoms with Crippen LogP contribution in [-0.4, -0.2) is 58.5 Å². The third-order valence-electron chi connectivity index (χ3n) is 8.40. The van der Waals surface area contributed by atoms with Crippen molar-refractivity contribution in [3.63, 3.8) is 0 Å². The largest absolute Gasteiger partial charge is 0.507 e. The van der Waals surface area contributed by atoms with Gasteiger partial charge in [-0.15, -0.1) is 0 Å². The molecule has 8 N–H and O–H groups in total. The Hall–Kier alpha value is -7.42. The SMILES string of the molecule is C.Cn1nc(-c2ccco2)cc1-c1ccc(NC(=O)c2ccccc2F)nc1N.Cn1nc(-c2ccco2)cc1B(O)O.Nc1nc(NC(=O)c2ccccc2F)ccc1Br. The monoisotopic (exact) mass is 894 g/mol. The fourth-order valence-electron chi connectivity index (χ4n) is 5.48. The Morgan fingerprint density at radius 2 is 1.18 bits per heavy atom. The highest BCUT2D eigenvalue weighted by Gasteiger charge is 2.20. The van der Waals surface area contributed by atoms with Gasteiger partial charge in [0, 0.05) is 19.7 Å². The molecule has 0 aliphatic heterocycles. The van der Waals surface area contributed by atoms with Crippen molar-refractivity contribution in [2.24, 2.45) is 14.1 Å². The maximum absolute atomic E-state index is 13.7. The van der Waals surface area contributed by atoms with Crippen molar-refractivity contribution in [1.29, 1.82) is 0 Å². The Kier molecular flexibility index (Phi) is 14.7. The average molecular weight is 896 g/mol. The smallest absolute Gasteiger partial charge is 0.463 e. The molecule has 0 fully saturated rings. The van der Waals surface area contributed by atoms with Crippen molar-refractivity contribution in [2.75, 3.05) is 22.1 Å². The van der Waals surface area contributed by atoms with Crippen LogP contribution in [0.25, 0.3) is 34.2 Å². The van der Waals surface area contributed by atoms with E-state index in [0.29, 0.717) is 38.5 Å².